The third-order valence-electron chi connectivity index (χ3n) is 2.23. The lowest BCUT2D eigenvalue weighted by Crippen LogP contribution is -2.35. The summed E-state index contributed by atoms with van der Waals surface area (Å²) in [5, 5.41) is 3.40. The molecule has 1 aliphatic heterocycles. The standard InChI is InChI=1S/C8H12N4O4S2/c1-16-8(13)12-18(14,15)11-7-10-5-2-3-9-4-6(5)17-7/h9H,2-4H2,1H3,(H,10,11)(H,12,13). The van der Waals surface area contributed by atoms with E-state index >= 15 is 0 Å². The quantitative estimate of drug-likeness (QED) is 0.712. The first-order chi connectivity index (χ1) is 8.50. The van der Waals surface area contributed by atoms with Crippen LogP contribution in [0.1, 0.15) is 10.6 Å². The molecule has 1 aromatic rings. The molecule has 2 heterocycles. The molecule has 18 heavy (non-hydrogen) atoms. The number of fused-ring (bicyclic) bond motifs is 1. The second-order valence-corrected chi connectivity index (χ2v) is 6.01. The average molecular weight is 292 g/mol. The van der Waals surface area contributed by atoms with Crippen LogP contribution in [0.25, 0.3) is 0 Å². The molecule has 10 heteroatoms. The van der Waals surface area contributed by atoms with E-state index in [1.807, 2.05) is 0 Å². The molecule has 0 fully saturated rings. The molecular formula is C8H12N4O4S2. The highest BCUT2D eigenvalue weighted by Crippen LogP contribution is 2.25. The van der Waals surface area contributed by atoms with Crippen molar-refractivity contribution in [2.75, 3.05) is 18.4 Å². The van der Waals surface area contributed by atoms with Gasteiger partial charge in [0.2, 0.25) is 0 Å². The molecular weight excluding hydrogens is 280 g/mol. The van der Waals surface area contributed by atoms with Crippen molar-refractivity contribution in [2.45, 2.75) is 13.0 Å². The summed E-state index contributed by atoms with van der Waals surface area (Å²) in [5.41, 5.74) is 0.884. The molecule has 0 unspecified atom stereocenters. The molecule has 0 spiro atoms. The number of nitrogens with zero attached hydrogens (tertiary/aromatic N) is 1. The van der Waals surface area contributed by atoms with Crippen molar-refractivity contribution in [3.8, 4) is 0 Å². The minimum Gasteiger partial charge on any atom is -0.452 e. The zero-order chi connectivity index (χ0) is 13.2. The lowest BCUT2D eigenvalue weighted by atomic mass is 10.2. The summed E-state index contributed by atoms with van der Waals surface area (Å²) in [6, 6.07) is 0. The summed E-state index contributed by atoms with van der Waals surface area (Å²) in [7, 11) is -2.91. The SMILES string of the molecule is COC(=O)NS(=O)(=O)Nc1nc2c(s1)CNCC2. The lowest BCUT2D eigenvalue weighted by molar-refractivity contribution is 0.177. The van der Waals surface area contributed by atoms with E-state index in [0.29, 0.717) is 6.54 Å². The van der Waals surface area contributed by atoms with Crippen LogP contribution in [0.5, 0.6) is 0 Å². The second-order valence-electron chi connectivity index (χ2n) is 3.51. The first-order valence-corrected chi connectivity index (χ1v) is 7.38. The van der Waals surface area contributed by atoms with Gasteiger partial charge in [-0.3, -0.25) is 0 Å². The van der Waals surface area contributed by atoms with Crippen LogP contribution in [0.2, 0.25) is 0 Å². The zero-order valence-corrected chi connectivity index (χ0v) is 11.2. The Hall–Kier alpha value is -1.39. The van der Waals surface area contributed by atoms with E-state index in [2.05, 4.69) is 19.8 Å². The number of aromatic nitrogens is 1. The number of anilines is 1. The van der Waals surface area contributed by atoms with Gasteiger partial charge in [0.1, 0.15) is 0 Å². The van der Waals surface area contributed by atoms with Crippen LogP contribution in [0.15, 0.2) is 0 Å². The molecule has 100 valence electrons. The van der Waals surface area contributed by atoms with Gasteiger partial charge < -0.3 is 10.1 Å². The summed E-state index contributed by atoms with van der Waals surface area (Å²) in [5.74, 6) is 0. The number of ether oxygens (including phenoxy) is 1. The first-order valence-electron chi connectivity index (χ1n) is 5.08. The Morgan fingerprint density at radius 2 is 2.33 bits per heavy atom. The number of hydrogen-bond acceptors (Lipinski definition) is 7. The fourth-order valence-electron chi connectivity index (χ4n) is 1.46. The van der Waals surface area contributed by atoms with Gasteiger partial charge in [0.25, 0.3) is 0 Å². The van der Waals surface area contributed by atoms with E-state index in [9.17, 15) is 13.2 Å². The molecule has 0 aromatic carbocycles. The second kappa shape index (κ2) is 5.08. The number of amides is 1. The molecule has 0 radical (unpaired) electrons. The highest BCUT2D eigenvalue weighted by Gasteiger charge is 2.19. The van der Waals surface area contributed by atoms with E-state index in [0.717, 1.165) is 30.6 Å². The number of carbonyl (C=O) groups excluding carboxylic acids is 1. The van der Waals surface area contributed by atoms with Crippen molar-refractivity contribution in [1.29, 1.82) is 0 Å². The van der Waals surface area contributed by atoms with Crippen molar-refractivity contribution < 1.29 is 17.9 Å². The maximum atomic E-state index is 11.5. The van der Waals surface area contributed by atoms with Crippen molar-refractivity contribution in [3.05, 3.63) is 10.6 Å². The smallest absolute Gasteiger partial charge is 0.422 e. The normalized spacial score (nSPS) is 14.7. The van der Waals surface area contributed by atoms with Gasteiger partial charge in [0, 0.05) is 24.4 Å². The topological polar surface area (TPSA) is 109 Å². The number of rotatable bonds is 3. The molecule has 1 amide bonds. The Balaban J connectivity index is 2.09. The fraction of sp³-hybridized carbons (Fsp3) is 0.500. The van der Waals surface area contributed by atoms with Gasteiger partial charge >= 0.3 is 16.3 Å². The average Bonchev–Trinajstić information content (AvgIpc) is 2.68. The minimum atomic E-state index is -3.99. The van der Waals surface area contributed by atoms with Crippen LogP contribution >= 0.6 is 11.3 Å². The molecule has 0 saturated heterocycles. The maximum Gasteiger partial charge on any atom is 0.422 e. The fourth-order valence-corrected chi connectivity index (χ4v) is 3.42. The summed E-state index contributed by atoms with van der Waals surface area (Å²) in [4.78, 5) is 16.0. The van der Waals surface area contributed by atoms with Gasteiger partial charge in [0.15, 0.2) is 5.13 Å². The van der Waals surface area contributed by atoms with Crippen LogP contribution < -0.4 is 14.8 Å². The maximum absolute atomic E-state index is 11.5. The van der Waals surface area contributed by atoms with Gasteiger partial charge in [-0.25, -0.2) is 19.2 Å². The van der Waals surface area contributed by atoms with Crippen molar-refractivity contribution in [3.63, 3.8) is 0 Å². The number of methoxy groups -OCH3 is 1. The van der Waals surface area contributed by atoms with E-state index < -0.39 is 16.3 Å². The Kier molecular flexibility index (Phi) is 3.68. The van der Waals surface area contributed by atoms with Gasteiger partial charge in [-0.2, -0.15) is 8.42 Å². The predicted octanol–water partition coefficient (Wildman–Crippen LogP) is -0.199. The summed E-state index contributed by atoms with van der Waals surface area (Å²) < 4.78 is 31.1. The van der Waals surface area contributed by atoms with Gasteiger partial charge in [-0.1, -0.05) is 11.3 Å². The van der Waals surface area contributed by atoms with Crippen molar-refractivity contribution in [1.82, 2.24) is 15.0 Å². The van der Waals surface area contributed by atoms with Crippen LogP contribution in [0.3, 0.4) is 0 Å². The molecule has 2 rings (SSSR count). The van der Waals surface area contributed by atoms with E-state index in [1.165, 1.54) is 11.3 Å². The molecule has 1 aromatic heterocycles. The molecule has 8 nitrogen and oxygen atoms in total. The van der Waals surface area contributed by atoms with Gasteiger partial charge in [-0.15, -0.1) is 0 Å². The third kappa shape index (κ3) is 3.09. The largest absolute Gasteiger partial charge is 0.452 e. The molecule has 0 bridgehead atoms. The molecule has 0 aliphatic carbocycles. The molecule has 0 atom stereocenters. The molecule has 0 saturated carbocycles. The first kappa shape index (κ1) is 13.1. The molecule has 1 aliphatic rings. The minimum absolute atomic E-state index is 0.236. The van der Waals surface area contributed by atoms with Gasteiger partial charge in [0.05, 0.1) is 12.8 Å². The van der Waals surface area contributed by atoms with Crippen LogP contribution in [0.4, 0.5) is 9.93 Å². The number of hydrogen-bond donors (Lipinski definition) is 3. The summed E-state index contributed by atoms with van der Waals surface area (Å²) in [6.45, 7) is 1.50. The van der Waals surface area contributed by atoms with Crippen molar-refractivity contribution >= 4 is 32.8 Å². The highest BCUT2D eigenvalue weighted by molar-refractivity contribution is 7.91. The number of nitrogens with one attached hydrogen (secondary N) is 3. The third-order valence-corrected chi connectivity index (χ3v) is 4.27. The summed E-state index contributed by atoms with van der Waals surface area (Å²) in [6.07, 6.45) is -0.289. The van der Waals surface area contributed by atoms with E-state index in [-0.39, 0.29) is 5.13 Å². The van der Waals surface area contributed by atoms with Gasteiger partial charge in [-0.05, 0) is 0 Å². The highest BCUT2D eigenvalue weighted by atomic mass is 32.2. The van der Waals surface area contributed by atoms with Crippen LogP contribution in [0, 0.1) is 0 Å². The Labute approximate surface area is 108 Å². The molecule has 3 N–H and O–H groups in total. The van der Waals surface area contributed by atoms with Crippen LogP contribution in [-0.2, 0) is 27.9 Å². The Morgan fingerprint density at radius 1 is 1.56 bits per heavy atom. The number of thiazole rings is 1. The van der Waals surface area contributed by atoms with Crippen LogP contribution in [-0.4, -0.2) is 33.1 Å². The Morgan fingerprint density at radius 3 is 3.00 bits per heavy atom. The zero-order valence-electron chi connectivity index (χ0n) is 9.52. The predicted molar refractivity (Wildman–Crippen MR) is 65.6 cm³/mol. The van der Waals surface area contributed by atoms with E-state index in [1.54, 1.807) is 4.72 Å². The Bertz CT molecular complexity index is 530. The van der Waals surface area contributed by atoms with Crippen molar-refractivity contribution in [2.24, 2.45) is 0 Å². The number of carbonyl (C=O) groups is 1. The van der Waals surface area contributed by atoms with E-state index in [4.69, 9.17) is 0 Å². The monoisotopic (exact) mass is 292 g/mol. The lowest BCUT2D eigenvalue weighted by Gasteiger charge is -2.09. The summed E-state index contributed by atoms with van der Waals surface area (Å²) >= 11 is 1.24.